The summed E-state index contributed by atoms with van der Waals surface area (Å²) in [6.45, 7) is 1.01. The highest BCUT2D eigenvalue weighted by Crippen LogP contribution is 2.25. The summed E-state index contributed by atoms with van der Waals surface area (Å²) in [6.07, 6.45) is 0. The van der Waals surface area contributed by atoms with Crippen LogP contribution in [0.15, 0.2) is 22.7 Å². The van der Waals surface area contributed by atoms with Crippen molar-refractivity contribution in [3.8, 4) is 11.8 Å². The van der Waals surface area contributed by atoms with Crippen molar-refractivity contribution in [2.45, 2.75) is 0 Å². The molecule has 0 fully saturated rings. The van der Waals surface area contributed by atoms with E-state index in [1.54, 1.807) is 25.3 Å². The van der Waals surface area contributed by atoms with Crippen molar-refractivity contribution in [1.29, 1.82) is 5.26 Å². The summed E-state index contributed by atoms with van der Waals surface area (Å²) in [5.41, 5.74) is 0.584. The first kappa shape index (κ1) is 11.0. The van der Waals surface area contributed by atoms with Gasteiger partial charge in [-0.15, -0.1) is 0 Å². The summed E-state index contributed by atoms with van der Waals surface area (Å²) < 4.78 is 11.1. The van der Waals surface area contributed by atoms with Crippen LogP contribution in [0.5, 0.6) is 5.75 Å². The van der Waals surface area contributed by atoms with Gasteiger partial charge in [-0.3, -0.25) is 0 Å². The summed E-state index contributed by atoms with van der Waals surface area (Å²) >= 11 is 3.34. The minimum Gasteiger partial charge on any atom is -0.490 e. The molecule has 0 bridgehead atoms. The van der Waals surface area contributed by atoms with Crippen LogP contribution < -0.4 is 4.74 Å². The third-order valence-corrected chi connectivity index (χ3v) is 2.26. The third kappa shape index (κ3) is 3.02. The molecule has 3 nitrogen and oxygen atoms in total. The predicted octanol–water partition coefficient (Wildman–Crippen LogP) is 2.35. The number of nitriles is 1. The highest BCUT2D eigenvalue weighted by atomic mass is 79.9. The van der Waals surface area contributed by atoms with Gasteiger partial charge in [-0.05, 0) is 34.1 Å². The Bertz CT molecular complexity index is 346. The number of rotatable bonds is 4. The lowest BCUT2D eigenvalue weighted by molar-refractivity contribution is 0.146. The summed E-state index contributed by atoms with van der Waals surface area (Å²) in [6, 6.07) is 7.27. The molecule has 1 aromatic rings. The van der Waals surface area contributed by atoms with Gasteiger partial charge < -0.3 is 9.47 Å². The van der Waals surface area contributed by atoms with E-state index in [4.69, 9.17) is 14.7 Å². The van der Waals surface area contributed by atoms with Crippen LogP contribution in [-0.4, -0.2) is 20.3 Å². The second-order valence-corrected chi connectivity index (χ2v) is 3.45. The molecule has 0 radical (unpaired) electrons. The molecule has 1 rings (SSSR count). The number of ether oxygens (including phenoxy) is 2. The molecule has 0 atom stereocenters. The first-order chi connectivity index (χ1) is 6.77. The molecule has 0 aliphatic heterocycles. The predicted molar refractivity (Wildman–Crippen MR) is 56.2 cm³/mol. The Balaban J connectivity index is 2.70. The quantitative estimate of drug-likeness (QED) is 0.776. The molecule has 4 heteroatoms. The maximum atomic E-state index is 8.68. The van der Waals surface area contributed by atoms with Crippen molar-refractivity contribution in [3.63, 3.8) is 0 Å². The van der Waals surface area contributed by atoms with Crippen LogP contribution in [0.3, 0.4) is 0 Å². The van der Waals surface area contributed by atoms with E-state index < -0.39 is 0 Å². The van der Waals surface area contributed by atoms with E-state index in [2.05, 4.69) is 22.0 Å². The van der Waals surface area contributed by atoms with Gasteiger partial charge in [0.2, 0.25) is 0 Å². The molecule has 1 aromatic carbocycles. The molecule has 0 aliphatic carbocycles. The largest absolute Gasteiger partial charge is 0.490 e. The van der Waals surface area contributed by atoms with Crippen molar-refractivity contribution >= 4 is 15.9 Å². The SMILES string of the molecule is COCCOc1cc(C#N)ccc1Br. The summed E-state index contributed by atoms with van der Waals surface area (Å²) in [5.74, 6) is 0.668. The molecule has 0 N–H and O–H groups in total. The van der Waals surface area contributed by atoms with E-state index in [0.29, 0.717) is 24.5 Å². The molecule has 14 heavy (non-hydrogen) atoms. The van der Waals surface area contributed by atoms with Gasteiger partial charge in [0.1, 0.15) is 12.4 Å². The van der Waals surface area contributed by atoms with E-state index in [0.717, 1.165) is 4.47 Å². The zero-order chi connectivity index (χ0) is 10.4. The molecule has 0 amide bonds. The maximum absolute atomic E-state index is 8.68. The van der Waals surface area contributed by atoms with Crippen LogP contribution in [0.1, 0.15) is 5.56 Å². The normalized spacial score (nSPS) is 9.50. The van der Waals surface area contributed by atoms with Gasteiger partial charge in [-0.25, -0.2) is 0 Å². The smallest absolute Gasteiger partial charge is 0.134 e. The van der Waals surface area contributed by atoms with Crippen LogP contribution >= 0.6 is 15.9 Å². The Morgan fingerprint density at radius 2 is 2.21 bits per heavy atom. The Labute approximate surface area is 91.4 Å². The molecule has 0 unspecified atom stereocenters. The molecule has 0 heterocycles. The zero-order valence-electron chi connectivity index (χ0n) is 7.79. The molecule has 0 saturated carbocycles. The van der Waals surface area contributed by atoms with Gasteiger partial charge in [0, 0.05) is 7.11 Å². The first-order valence-electron chi connectivity index (χ1n) is 4.09. The van der Waals surface area contributed by atoms with E-state index in [-0.39, 0.29) is 0 Å². The standard InChI is InChI=1S/C10H10BrNO2/c1-13-4-5-14-10-6-8(7-12)2-3-9(10)11/h2-3,6H,4-5H2,1H3. The summed E-state index contributed by atoms with van der Waals surface area (Å²) in [4.78, 5) is 0. The second-order valence-electron chi connectivity index (χ2n) is 2.60. The van der Waals surface area contributed by atoms with Crippen molar-refractivity contribution < 1.29 is 9.47 Å². The molecular weight excluding hydrogens is 246 g/mol. The van der Waals surface area contributed by atoms with Crippen molar-refractivity contribution in [1.82, 2.24) is 0 Å². The van der Waals surface area contributed by atoms with Gasteiger partial charge in [-0.2, -0.15) is 5.26 Å². The Hall–Kier alpha value is -1.05. The fraction of sp³-hybridized carbons (Fsp3) is 0.300. The van der Waals surface area contributed by atoms with Crippen LogP contribution in [0.25, 0.3) is 0 Å². The molecular formula is C10H10BrNO2. The fourth-order valence-corrected chi connectivity index (χ4v) is 1.28. The molecule has 0 saturated heterocycles. The number of methoxy groups -OCH3 is 1. The molecule has 0 aromatic heterocycles. The Kier molecular flexibility index (Phi) is 4.44. The third-order valence-electron chi connectivity index (χ3n) is 1.61. The van der Waals surface area contributed by atoms with Gasteiger partial charge >= 0.3 is 0 Å². The van der Waals surface area contributed by atoms with Crippen LogP contribution in [0.2, 0.25) is 0 Å². The average Bonchev–Trinajstić information content (AvgIpc) is 2.21. The van der Waals surface area contributed by atoms with Crippen LogP contribution in [-0.2, 0) is 4.74 Å². The molecule has 74 valence electrons. The number of nitrogens with zero attached hydrogens (tertiary/aromatic N) is 1. The van der Waals surface area contributed by atoms with E-state index in [1.165, 1.54) is 0 Å². The van der Waals surface area contributed by atoms with E-state index >= 15 is 0 Å². The topological polar surface area (TPSA) is 42.2 Å². The monoisotopic (exact) mass is 255 g/mol. The van der Waals surface area contributed by atoms with Gasteiger partial charge in [0.25, 0.3) is 0 Å². The van der Waals surface area contributed by atoms with E-state index in [9.17, 15) is 0 Å². The highest BCUT2D eigenvalue weighted by molar-refractivity contribution is 9.10. The number of halogens is 1. The first-order valence-corrected chi connectivity index (χ1v) is 4.88. The average molecular weight is 256 g/mol. The minimum absolute atomic E-state index is 0.476. The van der Waals surface area contributed by atoms with Crippen LogP contribution in [0.4, 0.5) is 0 Å². The number of hydrogen-bond donors (Lipinski definition) is 0. The highest BCUT2D eigenvalue weighted by Gasteiger charge is 2.02. The lowest BCUT2D eigenvalue weighted by Crippen LogP contribution is -2.04. The number of benzene rings is 1. The summed E-state index contributed by atoms with van der Waals surface area (Å²) in [7, 11) is 1.62. The zero-order valence-corrected chi connectivity index (χ0v) is 9.37. The van der Waals surface area contributed by atoms with Crippen molar-refractivity contribution in [2.75, 3.05) is 20.3 Å². The second kappa shape index (κ2) is 5.63. The Morgan fingerprint density at radius 1 is 1.43 bits per heavy atom. The van der Waals surface area contributed by atoms with E-state index in [1.807, 2.05) is 0 Å². The number of hydrogen-bond acceptors (Lipinski definition) is 3. The van der Waals surface area contributed by atoms with Crippen LogP contribution in [0, 0.1) is 11.3 Å². The lowest BCUT2D eigenvalue weighted by atomic mass is 10.2. The lowest BCUT2D eigenvalue weighted by Gasteiger charge is -2.07. The van der Waals surface area contributed by atoms with Gasteiger partial charge in [-0.1, -0.05) is 0 Å². The maximum Gasteiger partial charge on any atom is 0.134 e. The molecule has 0 spiro atoms. The van der Waals surface area contributed by atoms with Crippen molar-refractivity contribution in [2.24, 2.45) is 0 Å². The fourth-order valence-electron chi connectivity index (χ4n) is 0.918. The molecule has 0 aliphatic rings. The van der Waals surface area contributed by atoms with Gasteiger partial charge in [0.15, 0.2) is 0 Å². The van der Waals surface area contributed by atoms with Gasteiger partial charge in [0.05, 0.1) is 22.7 Å². The minimum atomic E-state index is 0.476. The van der Waals surface area contributed by atoms with Crippen molar-refractivity contribution in [3.05, 3.63) is 28.2 Å². The Morgan fingerprint density at radius 3 is 2.86 bits per heavy atom. The summed E-state index contributed by atoms with van der Waals surface area (Å²) in [5, 5.41) is 8.68.